The molecule has 0 fully saturated rings. The molecular weight excluding hydrogens is 432 g/mol. The molecule has 0 N–H and O–H groups in total. The molecule has 0 saturated heterocycles. The van der Waals surface area contributed by atoms with Gasteiger partial charge in [-0.15, -0.1) is 0 Å². The van der Waals surface area contributed by atoms with Gasteiger partial charge >= 0.3 is 21.5 Å². The normalized spacial score (nSPS) is 11.1. The Bertz CT molecular complexity index is 1220. The summed E-state index contributed by atoms with van der Waals surface area (Å²) in [4.78, 5) is 19.4. The average molecular weight is 448 g/mol. The summed E-state index contributed by atoms with van der Waals surface area (Å²) in [6.45, 7) is 1.96. The molecule has 1 aromatic heterocycles. The molecular formula is C18H16N4O8S. The summed E-state index contributed by atoms with van der Waals surface area (Å²) >= 11 is 0. The lowest BCUT2D eigenvalue weighted by molar-refractivity contribution is -0.422. The first-order valence-corrected chi connectivity index (χ1v) is 10.2. The average Bonchev–Trinajstić information content (AvgIpc) is 3.06. The maximum absolute atomic E-state index is 12.6. The molecule has 0 atom stereocenters. The minimum Gasteiger partial charge on any atom is -0.492 e. The highest BCUT2D eigenvalue weighted by Gasteiger charge is 2.29. The molecule has 0 aliphatic heterocycles. The molecule has 0 bridgehead atoms. The Hall–Kier alpha value is -4.00. The second-order valence-electron chi connectivity index (χ2n) is 6.21. The molecule has 0 unspecified atom stereocenters. The van der Waals surface area contributed by atoms with E-state index >= 15 is 0 Å². The van der Waals surface area contributed by atoms with Crippen molar-refractivity contribution in [2.75, 3.05) is 6.61 Å². The van der Waals surface area contributed by atoms with Gasteiger partial charge in [-0.3, -0.25) is 20.2 Å². The zero-order valence-electron chi connectivity index (χ0n) is 16.1. The Balaban J connectivity index is 1.81. The maximum atomic E-state index is 12.6. The highest BCUT2D eigenvalue weighted by Crippen LogP contribution is 2.30. The number of aryl methyl sites for hydroxylation is 1. The molecule has 0 spiro atoms. The van der Waals surface area contributed by atoms with Gasteiger partial charge < -0.3 is 8.92 Å². The van der Waals surface area contributed by atoms with E-state index in [-0.39, 0.29) is 19.0 Å². The Morgan fingerprint density at radius 3 is 2.32 bits per heavy atom. The van der Waals surface area contributed by atoms with Crippen LogP contribution in [0.3, 0.4) is 0 Å². The first kappa shape index (κ1) is 21.7. The molecule has 3 rings (SSSR count). The third-order valence-corrected chi connectivity index (χ3v) is 5.23. The van der Waals surface area contributed by atoms with Gasteiger partial charge in [0.1, 0.15) is 17.3 Å². The van der Waals surface area contributed by atoms with Gasteiger partial charge in [-0.1, -0.05) is 18.2 Å². The predicted octanol–water partition coefficient (Wildman–Crippen LogP) is 2.85. The summed E-state index contributed by atoms with van der Waals surface area (Å²) in [5.41, 5.74) is -1.32. The van der Waals surface area contributed by atoms with Crippen LogP contribution in [0.25, 0.3) is 0 Å². The van der Waals surface area contributed by atoms with Gasteiger partial charge in [-0.2, -0.15) is 13.5 Å². The minimum absolute atomic E-state index is 0.129. The molecule has 12 nitrogen and oxygen atoms in total. The zero-order chi connectivity index (χ0) is 22.6. The number of hydrogen-bond donors (Lipinski definition) is 0. The maximum Gasteiger partial charge on any atom is 0.347 e. The highest BCUT2D eigenvalue weighted by atomic mass is 32.2. The van der Waals surface area contributed by atoms with Gasteiger partial charge in [-0.05, 0) is 25.1 Å². The summed E-state index contributed by atoms with van der Waals surface area (Å²) in [6, 6.07) is 12.5. The fraction of sp³-hybridized carbons (Fsp3) is 0.167. The first-order valence-electron chi connectivity index (χ1n) is 8.77. The van der Waals surface area contributed by atoms with E-state index in [1.165, 1.54) is 10.7 Å². The Morgan fingerprint density at radius 2 is 1.68 bits per heavy atom. The van der Waals surface area contributed by atoms with E-state index in [0.717, 1.165) is 12.1 Å². The summed E-state index contributed by atoms with van der Waals surface area (Å²) in [5.74, 6) is 0.495. The Kier molecular flexibility index (Phi) is 6.15. The van der Waals surface area contributed by atoms with Crippen LogP contribution in [0.5, 0.6) is 11.6 Å². The minimum atomic E-state index is -4.53. The van der Waals surface area contributed by atoms with Crippen molar-refractivity contribution in [1.29, 1.82) is 0 Å². The van der Waals surface area contributed by atoms with E-state index in [0.29, 0.717) is 17.5 Å². The molecule has 3 aromatic rings. The zero-order valence-corrected chi connectivity index (χ0v) is 16.9. The number of benzene rings is 2. The largest absolute Gasteiger partial charge is 0.492 e. The number of rotatable bonds is 9. The van der Waals surface area contributed by atoms with E-state index in [1.54, 1.807) is 31.2 Å². The third-order valence-electron chi connectivity index (χ3n) is 4.00. The van der Waals surface area contributed by atoms with Gasteiger partial charge in [-0.25, -0.2) is 4.68 Å². The molecule has 0 amide bonds. The van der Waals surface area contributed by atoms with E-state index in [1.807, 2.05) is 6.07 Å². The van der Waals surface area contributed by atoms with Crippen molar-refractivity contribution in [3.8, 4) is 11.6 Å². The van der Waals surface area contributed by atoms with Crippen molar-refractivity contribution in [3.63, 3.8) is 0 Å². The third kappa shape index (κ3) is 5.14. The van der Waals surface area contributed by atoms with Crippen LogP contribution in [0, 0.1) is 27.2 Å². The number of nitro benzene ring substituents is 2. The van der Waals surface area contributed by atoms with E-state index in [4.69, 9.17) is 8.92 Å². The van der Waals surface area contributed by atoms with Gasteiger partial charge in [0.15, 0.2) is 0 Å². The number of para-hydroxylation sites is 1. The van der Waals surface area contributed by atoms with Gasteiger partial charge in [0.05, 0.1) is 22.1 Å². The number of ether oxygens (including phenoxy) is 1. The smallest absolute Gasteiger partial charge is 0.347 e. The fourth-order valence-corrected chi connectivity index (χ4v) is 3.58. The highest BCUT2D eigenvalue weighted by molar-refractivity contribution is 7.87. The standard InChI is InChI=1S/C18H16N4O8S/c1-13-11-18(20(19-13)9-10-29-14-5-3-2-4-6-14)30-31(27,28)15-7-8-16(21(23)24)17(12-15)22(25)26/h2-8,11-12H,9-10H2,1H3. The molecule has 162 valence electrons. The second-order valence-corrected chi connectivity index (χ2v) is 7.76. The van der Waals surface area contributed by atoms with E-state index in [9.17, 15) is 28.6 Å². The van der Waals surface area contributed by atoms with Crippen LogP contribution in [0.15, 0.2) is 59.5 Å². The van der Waals surface area contributed by atoms with E-state index < -0.39 is 36.2 Å². The van der Waals surface area contributed by atoms with Gasteiger partial charge in [0, 0.05) is 18.2 Å². The first-order chi connectivity index (χ1) is 14.7. The lowest BCUT2D eigenvalue weighted by Gasteiger charge is -2.10. The van der Waals surface area contributed by atoms with Crippen molar-refractivity contribution in [2.45, 2.75) is 18.4 Å². The van der Waals surface area contributed by atoms with Crippen LogP contribution >= 0.6 is 0 Å². The van der Waals surface area contributed by atoms with Crippen LogP contribution in [-0.4, -0.2) is 34.7 Å². The SMILES string of the molecule is Cc1cc(OS(=O)(=O)c2ccc([N+](=O)[O-])c([N+](=O)[O-])c2)n(CCOc2ccccc2)n1. The molecule has 0 aliphatic carbocycles. The molecule has 0 saturated carbocycles. The van der Waals surface area contributed by atoms with Crippen LogP contribution in [0.4, 0.5) is 11.4 Å². The Morgan fingerprint density at radius 1 is 1.00 bits per heavy atom. The van der Waals surface area contributed by atoms with Gasteiger partial charge in [0.2, 0.25) is 5.88 Å². The number of nitrogens with zero attached hydrogens (tertiary/aromatic N) is 4. The monoisotopic (exact) mass is 448 g/mol. The molecule has 13 heteroatoms. The molecule has 31 heavy (non-hydrogen) atoms. The second kappa shape index (κ2) is 8.79. The van der Waals surface area contributed by atoms with Crippen LogP contribution < -0.4 is 8.92 Å². The summed E-state index contributed by atoms with van der Waals surface area (Å²) in [5, 5.41) is 26.2. The number of aromatic nitrogens is 2. The lowest BCUT2D eigenvalue weighted by atomic mass is 10.3. The molecule has 2 aromatic carbocycles. The summed E-state index contributed by atoms with van der Waals surface area (Å²) in [7, 11) is -4.53. The quantitative estimate of drug-likeness (QED) is 0.273. The Labute approximate surface area is 176 Å². The van der Waals surface area contributed by atoms with Crippen molar-refractivity contribution >= 4 is 21.5 Å². The summed E-state index contributed by atoms with van der Waals surface area (Å²) < 4.78 is 37.2. The van der Waals surface area contributed by atoms with Crippen molar-refractivity contribution in [2.24, 2.45) is 0 Å². The van der Waals surface area contributed by atoms with E-state index in [2.05, 4.69) is 5.10 Å². The molecule has 1 heterocycles. The number of nitro groups is 2. The number of hydrogen-bond acceptors (Lipinski definition) is 9. The lowest BCUT2D eigenvalue weighted by Crippen LogP contribution is -2.16. The van der Waals surface area contributed by atoms with Crippen LogP contribution in [0.2, 0.25) is 0 Å². The van der Waals surface area contributed by atoms with Crippen LogP contribution in [0.1, 0.15) is 5.69 Å². The fourth-order valence-electron chi connectivity index (χ4n) is 2.64. The van der Waals surface area contributed by atoms with Crippen LogP contribution in [-0.2, 0) is 16.7 Å². The molecule has 0 radical (unpaired) electrons. The summed E-state index contributed by atoms with van der Waals surface area (Å²) in [6.07, 6.45) is 0. The van der Waals surface area contributed by atoms with Crippen molar-refractivity contribution in [3.05, 3.63) is 80.5 Å². The molecule has 0 aliphatic rings. The topological polar surface area (TPSA) is 157 Å². The van der Waals surface area contributed by atoms with Gasteiger partial charge in [0.25, 0.3) is 0 Å². The van der Waals surface area contributed by atoms with Crippen molar-refractivity contribution in [1.82, 2.24) is 9.78 Å². The van der Waals surface area contributed by atoms with Crippen molar-refractivity contribution < 1.29 is 27.2 Å². The predicted molar refractivity (Wildman–Crippen MR) is 106 cm³/mol.